The summed E-state index contributed by atoms with van der Waals surface area (Å²) in [4.78, 5) is 51.3. The number of hydrogen-bond donors (Lipinski definition) is 0. The van der Waals surface area contributed by atoms with Gasteiger partial charge in [0.2, 0.25) is 0 Å². The fraction of sp³-hybridized carbons (Fsp3) is 0. The zero-order chi connectivity index (χ0) is 9.00. The fourth-order valence-corrected chi connectivity index (χ4v) is 0. The summed E-state index contributed by atoms with van der Waals surface area (Å²) in [5.41, 5.74) is 0. The monoisotopic (exact) mass is 348 g/mol. The summed E-state index contributed by atoms with van der Waals surface area (Å²) in [6.45, 7) is 0. The van der Waals surface area contributed by atoms with Crippen molar-refractivity contribution in [3.8, 4) is 0 Å². The van der Waals surface area contributed by atoms with Gasteiger partial charge in [-0.1, -0.05) is 0 Å². The van der Waals surface area contributed by atoms with Crippen molar-refractivity contribution in [2.45, 2.75) is 0 Å². The normalized spacial score (nSPS) is 8.43. The van der Waals surface area contributed by atoms with Crippen molar-refractivity contribution in [3.05, 3.63) is 0 Å². The largest absolute Gasteiger partial charge is 3.00 e. The van der Waals surface area contributed by atoms with Crippen molar-refractivity contribution < 1.29 is 160 Å². The van der Waals surface area contributed by atoms with Crippen molar-refractivity contribution in [1.29, 1.82) is 0 Å². The van der Waals surface area contributed by atoms with Crippen LogP contribution < -0.4 is 118 Å². The van der Waals surface area contributed by atoms with Crippen LogP contribution in [-0.4, -0.2) is 0 Å². The Hall–Kier alpha value is 4.32. The van der Waals surface area contributed by atoms with Crippen LogP contribution in [-0.2, 0) is 41.8 Å². The second-order valence-electron chi connectivity index (χ2n) is 0.894. The van der Waals surface area contributed by atoms with E-state index in [-0.39, 0.29) is 121 Å². The molecule has 0 saturated carbocycles. The van der Waals surface area contributed by atoms with Crippen LogP contribution >= 0.6 is 15.6 Å². The van der Waals surface area contributed by atoms with Crippen molar-refractivity contribution in [2.75, 3.05) is 0 Å². The molecule has 8 nitrogen and oxygen atoms in total. The Bertz CT molecular complexity index is 135. The Morgan fingerprint density at radius 1 is 0.571 bits per heavy atom. The van der Waals surface area contributed by atoms with E-state index in [0.717, 1.165) is 0 Å². The van der Waals surface area contributed by atoms with Crippen LogP contribution in [0.5, 0.6) is 0 Å². The number of rotatable bonds is 0. The van der Waals surface area contributed by atoms with E-state index < -0.39 is 15.6 Å². The molecule has 0 aliphatic rings. The van der Waals surface area contributed by atoms with Crippen LogP contribution in [0.25, 0.3) is 0 Å². The molecule has 0 aromatic carbocycles. The summed E-state index contributed by atoms with van der Waals surface area (Å²) >= 11 is 0. The molecule has 0 saturated heterocycles. The van der Waals surface area contributed by atoms with Gasteiger partial charge in [0.05, 0.1) is 0 Å². The van der Waals surface area contributed by atoms with E-state index in [1.54, 1.807) is 0 Å². The molecule has 14 heteroatoms. The summed E-state index contributed by atoms with van der Waals surface area (Å²) in [6.07, 6.45) is 0. The second-order valence-corrected chi connectivity index (χ2v) is 2.68. The van der Waals surface area contributed by atoms with Gasteiger partial charge in [-0.3, -0.25) is 0 Å². The van der Waals surface area contributed by atoms with Crippen LogP contribution in [0.4, 0.5) is 0 Å². The first-order chi connectivity index (χ1) is 4.00. The Morgan fingerprint density at radius 3 is 0.571 bits per heavy atom. The van der Waals surface area contributed by atoms with E-state index in [1.807, 2.05) is 0 Å². The van der Waals surface area contributed by atoms with E-state index >= 15 is 0 Å². The minimum Gasteiger partial charge on any atom is -0.822 e. The van der Waals surface area contributed by atoms with Gasteiger partial charge >= 0.3 is 121 Å². The van der Waals surface area contributed by atoms with Gasteiger partial charge < -0.3 is 38.5 Å². The van der Waals surface area contributed by atoms with Gasteiger partial charge in [-0.15, -0.1) is 0 Å². The minimum absolute atomic E-state index is 0. The van der Waals surface area contributed by atoms with Gasteiger partial charge in [-0.05, 0) is 0 Å². The summed E-state index contributed by atoms with van der Waals surface area (Å²) in [5.74, 6) is 0. The van der Waals surface area contributed by atoms with Crippen LogP contribution in [0.1, 0.15) is 0 Å². The summed E-state index contributed by atoms with van der Waals surface area (Å²) in [5, 5.41) is 0. The Morgan fingerprint density at radius 2 is 0.571 bits per heavy atom. The molecule has 0 radical (unpaired) electrons. The molecule has 0 spiro atoms. The summed E-state index contributed by atoms with van der Waals surface area (Å²) in [6, 6.07) is 0. The minimum atomic E-state index is -5.39. The van der Waals surface area contributed by atoms with Crippen molar-refractivity contribution in [3.63, 3.8) is 0 Å². The molecule has 0 aromatic rings. The zero-order valence-electron chi connectivity index (χ0n) is 7.74. The molecule has 14 heavy (non-hydrogen) atoms. The molecule has 0 heterocycles. The average molecular weight is 348 g/mol. The topological polar surface area (TPSA) is 172 Å². The third-order valence-corrected chi connectivity index (χ3v) is 0. The zero-order valence-corrected chi connectivity index (χ0v) is 18.4. The molecular formula is Na3O8P2Y. The first-order valence-corrected chi connectivity index (χ1v) is 4.38. The molecule has 0 N–H and O–H groups in total. The molecule has 0 fully saturated rings. The maximum Gasteiger partial charge on any atom is 3.00 e. The van der Waals surface area contributed by atoms with Gasteiger partial charge in [-0.25, -0.2) is 0 Å². The third kappa shape index (κ3) is 205. The van der Waals surface area contributed by atoms with E-state index in [4.69, 9.17) is 38.5 Å². The molecule has 0 aliphatic carbocycles. The van der Waals surface area contributed by atoms with Crippen LogP contribution in [0.3, 0.4) is 0 Å². The molecule has 64 valence electrons. The van der Waals surface area contributed by atoms with Gasteiger partial charge in [0.1, 0.15) is 0 Å². The maximum absolute atomic E-state index is 8.55. The van der Waals surface area contributed by atoms with Crippen molar-refractivity contribution in [2.24, 2.45) is 0 Å². The summed E-state index contributed by atoms with van der Waals surface area (Å²) in [7, 11) is -10.8. The third-order valence-electron chi connectivity index (χ3n) is 0. The predicted octanol–water partition coefficient (Wildman–Crippen LogP) is -14.6. The second kappa shape index (κ2) is 17.3. The molecule has 0 aromatic heterocycles. The van der Waals surface area contributed by atoms with Gasteiger partial charge in [0.15, 0.2) is 0 Å². The van der Waals surface area contributed by atoms with Gasteiger partial charge in [0.25, 0.3) is 0 Å². The smallest absolute Gasteiger partial charge is 0.822 e. The predicted molar refractivity (Wildman–Crippen MR) is 15.2 cm³/mol. The van der Waals surface area contributed by atoms with Crippen LogP contribution in [0.15, 0.2) is 0 Å². The summed E-state index contributed by atoms with van der Waals surface area (Å²) < 4.78 is 17.1. The quantitative estimate of drug-likeness (QED) is 0.306. The van der Waals surface area contributed by atoms with E-state index in [9.17, 15) is 0 Å². The number of phosphoric acid groups is 2. The van der Waals surface area contributed by atoms with Crippen molar-refractivity contribution >= 4 is 15.6 Å². The molecule has 0 atom stereocenters. The Kier molecular flexibility index (Phi) is 44.8. The maximum atomic E-state index is 8.55. The Balaban J connectivity index is -0.0000000178. The molecule has 0 unspecified atom stereocenters. The first kappa shape index (κ1) is 36.2. The number of hydrogen-bond acceptors (Lipinski definition) is 8. The van der Waals surface area contributed by atoms with E-state index in [2.05, 4.69) is 0 Å². The van der Waals surface area contributed by atoms with E-state index in [1.165, 1.54) is 0 Å². The molecule has 0 rings (SSSR count). The van der Waals surface area contributed by atoms with Gasteiger partial charge in [-0.2, -0.15) is 15.6 Å². The van der Waals surface area contributed by atoms with Crippen LogP contribution in [0.2, 0.25) is 0 Å². The van der Waals surface area contributed by atoms with Gasteiger partial charge in [0, 0.05) is 0 Å². The van der Waals surface area contributed by atoms with E-state index in [0.29, 0.717) is 0 Å². The molecular weight excluding hydrogens is 348 g/mol. The SMILES string of the molecule is O=P([O-])([O-])[O-].O=P([O-])([O-])[O-].[Na+].[Na+].[Na+].[Y+3]. The fourth-order valence-electron chi connectivity index (χ4n) is 0. The molecule has 0 bridgehead atoms. The van der Waals surface area contributed by atoms with Crippen LogP contribution in [0, 0.1) is 0 Å². The molecule has 0 amide bonds. The average Bonchev–Trinajstić information content (AvgIpc) is 1.12. The molecule has 0 aliphatic heterocycles. The Labute approximate surface area is 172 Å². The standard InChI is InChI=1S/3Na.2H3O4P.Y/c;;;2*1-5(2,3)4;/h;;;2*(H3,1,2,3,4);/q3*+1;;;+3/p-6. The first-order valence-electron chi connectivity index (χ1n) is 1.46. The van der Waals surface area contributed by atoms with Crippen molar-refractivity contribution in [1.82, 2.24) is 0 Å².